The van der Waals surface area contributed by atoms with Crippen molar-refractivity contribution in [1.82, 2.24) is 0 Å². The average Bonchev–Trinajstić information content (AvgIpc) is 2.50. The Kier molecular flexibility index (Phi) is 18.1. The standard InChI is InChI=1S/C21H44/c1-4-7-10-13-16-19-21(18-15-12-9-6-3)20-17-14-11-8-5-2/h21H,4-20H2,1-3H3. The fourth-order valence-electron chi connectivity index (χ4n) is 3.37. The smallest absolute Gasteiger partial charge is 0.0414 e. The molecule has 0 saturated heterocycles. The first-order valence-electron chi connectivity index (χ1n) is 10.3. The molecule has 0 radical (unpaired) electrons. The molecule has 0 aliphatic rings. The van der Waals surface area contributed by atoms with Crippen molar-refractivity contribution < 1.29 is 0 Å². The topological polar surface area (TPSA) is 0 Å². The van der Waals surface area contributed by atoms with Crippen LogP contribution in [0.5, 0.6) is 0 Å². The highest BCUT2D eigenvalue weighted by Crippen LogP contribution is 2.24. The van der Waals surface area contributed by atoms with Gasteiger partial charge in [-0.1, -0.05) is 130 Å². The van der Waals surface area contributed by atoms with E-state index in [4.69, 9.17) is 0 Å². The van der Waals surface area contributed by atoms with E-state index >= 15 is 0 Å². The lowest BCUT2D eigenvalue weighted by Crippen LogP contribution is -2.01. The van der Waals surface area contributed by atoms with E-state index in [2.05, 4.69) is 20.8 Å². The largest absolute Gasteiger partial charge is 0.0654 e. The van der Waals surface area contributed by atoms with Gasteiger partial charge in [0.1, 0.15) is 0 Å². The minimum atomic E-state index is 1.05. The van der Waals surface area contributed by atoms with Gasteiger partial charge in [-0.25, -0.2) is 0 Å². The van der Waals surface area contributed by atoms with Gasteiger partial charge in [-0.2, -0.15) is 0 Å². The molecule has 0 heterocycles. The summed E-state index contributed by atoms with van der Waals surface area (Å²) in [5, 5.41) is 0. The first kappa shape index (κ1) is 21.0. The molecule has 21 heavy (non-hydrogen) atoms. The van der Waals surface area contributed by atoms with E-state index in [1.165, 1.54) is 109 Å². The molecule has 0 aliphatic carbocycles. The van der Waals surface area contributed by atoms with Crippen LogP contribution < -0.4 is 0 Å². The fraction of sp³-hybridized carbons (Fsp3) is 1.00. The van der Waals surface area contributed by atoms with Crippen molar-refractivity contribution in [3.63, 3.8) is 0 Å². The summed E-state index contributed by atoms with van der Waals surface area (Å²) in [6, 6.07) is 0. The maximum atomic E-state index is 2.32. The summed E-state index contributed by atoms with van der Waals surface area (Å²) < 4.78 is 0. The molecule has 0 unspecified atom stereocenters. The van der Waals surface area contributed by atoms with Crippen LogP contribution in [0.2, 0.25) is 0 Å². The Balaban J connectivity index is 3.69. The first-order valence-corrected chi connectivity index (χ1v) is 10.3. The van der Waals surface area contributed by atoms with Crippen LogP contribution in [0.4, 0.5) is 0 Å². The van der Waals surface area contributed by atoms with Crippen molar-refractivity contribution in [1.29, 1.82) is 0 Å². The highest BCUT2D eigenvalue weighted by molar-refractivity contribution is 4.61. The van der Waals surface area contributed by atoms with Gasteiger partial charge < -0.3 is 0 Å². The third-order valence-corrected chi connectivity index (χ3v) is 4.90. The summed E-state index contributed by atoms with van der Waals surface area (Å²) in [4.78, 5) is 0. The molecule has 0 aliphatic heterocycles. The van der Waals surface area contributed by atoms with Crippen molar-refractivity contribution in [2.75, 3.05) is 0 Å². The van der Waals surface area contributed by atoms with Crippen molar-refractivity contribution >= 4 is 0 Å². The van der Waals surface area contributed by atoms with Crippen LogP contribution in [-0.2, 0) is 0 Å². The molecule has 0 heteroatoms. The maximum absolute atomic E-state index is 2.32. The summed E-state index contributed by atoms with van der Waals surface area (Å²) in [5.41, 5.74) is 0. The Bertz CT molecular complexity index is 159. The summed E-state index contributed by atoms with van der Waals surface area (Å²) in [5.74, 6) is 1.05. The third kappa shape index (κ3) is 16.2. The molecular formula is C21H44. The lowest BCUT2D eigenvalue weighted by molar-refractivity contribution is 0.367. The van der Waals surface area contributed by atoms with Crippen LogP contribution in [0.1, 0.15) is 130 Å². The van der Waals surface area contributed by atoms with Gasteiger partial charge in [0.15, 0.2) is 0 Å². The van der Waals surface area contributed by atoms with Crippen LogP contribution in [0.15, 0.2) is 0 Å². The Morgan fingerprint density at radius 2 is 0.667 bits per heavy atom. The summed E-state index contributed by atoms with van der Waals surface area (Å²) in [6.45, 7) is 6.94. The van der Waals surface area contributed by atoms with E-state index in [1.807, 2.05) is 0 Å². The van der Waals surface area contributed by atoms with E-state index in [0.717, 1.165) is 5.92 Å². The Labute approximate surface area is 136 Å². The van der Waals surface area contributed by atoms with Gasteiger partial charge in [0, 0.05) is 0 Å². The van der Waals surface area contributed by atoms with Gasteiger partial charge in [0.2, 0.25) is 0 Å². The van der Waals surface area contributed by atoms with Crippen LogP contribution in [0.25, 0.3) is 0 Å². The van der Waals surface area contributed by atoms with Gasteiger partial charge in [-0.3, -0.25) is 0 Å². The number of unbranched alkanes of at least 4 members (excludes halogenated alkanes) is 11. The molecule has 0 N–H and O–H groups in total. The van der Waals surface area contributed by atoms with Crippen molar-refractivity contribution in [2.45, 2.75) is 130 Å². The van der Waals surface area contributed by atoms with Gasteiger partial charge in [0.25, 0.3) is 0 Å². The van der Waals surface area contributed by atoms with Gasteiger partial charge in [-0.15, -0.1) is 0 Å². The molecule has 0 saturated carbocycles. The number of hydrogen-bond donors (Lipinski definition) is 0. The maximum Gasteiger partial charge on any atom is -0.0414 e. The second-order valence-electron chi connectivity index (χ2n) is 7.12. The van der Waals surface area contributed by atoms with Crippen LogP contribution in [0, 0.1) is 5.92 Å². The van der Waals surface area contributed by atoms with E-state index in [-0.39, 0.29) is 0 Å². The normalized spacial score (nSPS) is 11.4. The van der Waals surface area contributed by atoms with Crippen molar-refractivity contribution in [3.8, 4) is 0 Å². The highest BCUT2D eigenvalue weighted by atomic mass is 14.1. The van der Waals surface area contributed by atoms with E-state index in [1.54, 1.807) is 0 Å². The molecule has 0 spiro atoms. The van der Waals surface area contributed by atoms with Crippen LogP contribution in [-0.4, -0.2) is 0 Å². The quantitative estimate of drug-likeness (QED) is 0.237. The Morgan fingerprint density at radius 1 is 0.381 bits per heavy atom. The summed E-state index contributed by atoms with van der Waals surface area (Å²) in [6.07, 6.45) is 24.8. The zero-order chi connectivity index (χ0) is 15.6. The Morgan fingerprint density at radius 3 is 1.00 bits per heavy atom. The molecule has 0 bridgehead atoms. The summed E-state index contributed by atoms with van der Waals surface area (Å²) in [7, 11) is 0. The van der Waals surface area contributed by atoms with E-state index < -0.39 is 0 Å². The molecule has 0 amide bonds. The molecule has 0 rings (SSSR count). The molecular weight excluding hydrogens is 252 g/mol. The second kappa shape index (κ2) is 18.1. The highest BCUT2D eigenvalue weighted by Gasteiger charge is 2.08. The fourth-order valence-corrected chi connectivity index (χ4v) is 3.37. The minimum absolute atomic E-state index is 1.05. The molecule has 0 nitrogen and oxygen atoms in total. The first-order chi connectivity index (χ1) is 10.3. The monoisotopic (exact) mass is 296 g/mol. The number of hydrogen-bond acceptors (Lipinski definition) is 0. The minimum Gasteiger partial charge on any atom is -0.0654 e. The molecule has 128 valence electrons. The predicted octanol–water partition coefficient (Wildman–Crippen LogP) is 8.29. The van der Waals surface area contributed by atoms with Crippen LogP contribution in [0.3, 0.4) is 0 Å². The van der Waals surface area contributed by atoms with Gasteiger partial charge in [0.05, 0.1) is 0 Å². The van der Waals surface area contributed by atoms with Crippen LogP contribution >= 0.6 is 0 Å². The lowest BCUT2D eigenvalue weighted by atomic mass is 9.89. The average molecular weight is 297 g/mol. The second-order valence-corrected chi connectivity index (χ2v) is 7.12. The predicted molar refractivity (Wildman–Crippen MR) is 99.0 cm³/mol. The Hall–Kier alpha value is 0. The van der Waals surface area contributed by atoms with E-state index in [9.17, 15) is 0 Å². The molecule has 0 atom stereocenters. The van der Waals surface area contributed by atoms with Gasteiger partial charge >= 0.3 is 0 Å². The summed E-state index contributed by atoms with van der Waals surface area (Å²) >= 11 is 0. The zero-order valence-electron chi connectivity index (χ0n) is 15.6. The third-order valence-electron chi connectivity index (χ3n) is 4.90. The zero-order valence-corrected chi connectivity index (χ0v) is 15.6. The molecule has 0 aromatic rings. The molecule has 0 fully saturated rings. The SMILES string of the molecule is CCCCCCCC(CCCCCC)CCCCCCC. The van der Waals surface area contributed by atoms with Gasteiger partial charge in [-0.05, 0) is 5.92 Å². The lowest BCUT2D eigenvalue weighted by Gasteiger charge is -2.17. The van der Waals surface area contributed by atoms with E-state index in [0.29, 0.717) is 0 Å². The molecule has 0 aromatic heterocycles. The molecule has 0 aromatic carbocycles. The van der Waals surface area contributed by atoms with Crippen molar-refractivity contribution in [2.24, 2.45) is 5.92 Å². The van der Waals surface area contributed by atoms with Crippen molar-refractivity contribution in [3.05, 3.63) is 0 Å². The number of rotatable bonds is 17.